The average molecular weight is 229 g/mol. The van der Waals surface area contributed by atoms with Gasteiger partial charge in [0.2, 0.25) is 0 Å². The molecule has 0 aromatic heterocycles. The molecule has 2 aliphatic heterocycles. The molecular formula is C11H16FNO3. The van der Waals surface area contributed by atoms with Gasteiger partial charge < -0.3 is 9.53 Å². The topological polar surface area (TPSA) is 46.6 Å². The smallest absolute Gasteiger partial charge is 0.411 e. The van der Waals surface area contributed by atoms with E-state index in [1.165, 1.54) is 4.90 Å². The van der Waals surface area contributed by atoms with Crippen molar-refractivity contribution < 1.29 is 18.7 Å². The molecule has 1 aliphatic carbocycles. The molecule has 1 amide bonds. The number of rotatable bonds is 1. The quantitative estimate of drug-likeness (QED) is 0.642. The summed E-state index contributed by atoms with van der Waals surface area (Å²) in [4.78, 5) is 23.9. The van der Waals surface area contributed by atoms with E-state index in [4.69, 9.17) is 4.74 Å². The van der Waals surface area contributed by atoms with Crippen molar-refractivity contribution in [1.29, 1.82) is 0 Å². The lowest BCUT2D eigenvalue weighted by Gasteiger charge is -2.30. The summed E-state index contributed by atoms with van der Waals surface area (Å²) in [6, 6.07) is -1.14. The van der Waals surface area contributed by atoms with Crippen LogP contribution in [0.1, 0.15) is 33.6 Å². The highest BCUT2D eigenvalue weighted by molar-refractivity contribution is 5.77. The number of aldehydes is 1. The second-order valence-electron chi connectivity index (χ2n) is 5.57. The Hall–Kier alpha value is -1.13. The van der Waals surface area contributed by atoms with E-state index >= 15 is 0 Å². The first-order chi connectivity index (χ1) is 7.27. The van der Waals surface area contributed by atoms with Gasteiger partial charge in [0.1, 0.15) is 23.6 Å². The van der Waals surface area contributed by atoms with Gasteiger partial charge in [0.25, 0.3) is 0 Å². The molecule has 3 rings (SSSR count). The highest BCUT2D eigenvalue weighted by Crippen LogP contribution is 2.51. The standard InChI is InChI=1S/C11H16FNO3/c1-10(2,3)16-9(15)13-7-4-11(12,5-7)8(13)6-14/h6-8H,4-5H2,1-3H3. The Morgan fingerprint density at radius 2 is 2.06 bits per heavy atom. The highest BCUT2D eigenvalue weighted by Gasteiger charge is 2.65. The normalized spacial score (nSPS) is 36.9. The van der Waals surface area contributed by atoms with Gasteiger partial charge in [-0.25, -0.2) is 9.18 Å². The van der Waals surface area contributed by atoms with E-state index < -0.39 is 23.4 Å². The van der Waals surface area contributed by atoms with Gasteiger partial charge in [-0.1, -0.05) is 0 Å². The fraction of sp³-hybridized carbons (Fsp3) is 0.818. The molecule has 2 bridgehead atoms. The molecular weight excluding hydrogens is 213 g/mol. The molecule has 0 aromatic rings. The minimum atomic E-state index is -1.51. The van der Waals surface area contributed by atoms with Crippen molar-refractivity contribution in [3.05, 3.63) is 0 Å². The van der Waals surface area contributed by atoms with Crippen molar-refractivity contribution in [2.75, 3.05) is 0 Å². The molecule has 16 heavy (non-hydrogen) atoms. The molecule has 0 N–H and O–H groups in total. The van der Waals surface area contributed by atoms with Crippen LogP contribution in [0.3, 0.4) is 0 Å². The number of hydrogen-bond donors (Lipinski definition) is 0. The van der Waals surface area contributed by atoms with Crippen molar-refractivity contribution >= 4 is 12.4 Å². The molecule has 1 atom stereocenters. The Bertz CT molecular complexity index is 331. The van der Waals surface area contributed by atoms with Gasteiger partial charge in [0, 0.05) is 18.9 Å². The summed E-state index contributed by atoms with van der Waals surface area (Å²) < 4.78 is 19.1. The highest BCUT2D eigenvalue weighted by atomic mass is 19.1. The molecule has 2 saturated heterocycles. The molecule has 0 aromatic carbocycles. The Balaban J connectivity index is 2.11. The molecule has 0 spiro atoms. The fourth-order valence-electron chi connectivity index (χ4n) is 2.40. The van der Waals surface area contributed by atoms with Crippen LogP contribution in [-0.4, -0.2) is 40.6 Å². The SMILES string of the molecule is CC(C)(C)OC(=O)N1C2CC(F)(C2)C1C=O. The van der Waals surface area contributed by atoms with Crippen LogP contribution >= 0.6 is 0 Å². The van der Waals surface area contributed by atoms with Gasteiger partial charge in [-0.05, 0) is 20.8 Å². The second-order valence-corrected chi connectivity index (χ2v) is 5.57. The largest absolute Gasteiger partial charge is 0.444 e. The second kappa shape index (κ2) is 3.18. The molecule has 5 heteroatoms. The van der Waals surface area contributed by atoms with E-state index in [-0.39, 0.29) is 18.9 Å². The number of carbonyl (C=O) groups is 2. The van der Waals surface area contributed by atoms with Crippen molar-refractivity contribution in [1.82, 2.24) is 4.90 Å². The maximum Gasteiger partial charge on any atom is 0.411 e. The number of hydrogen-bond acceptors (Lipinski definition) is 3. The predicted octanol–water partition coefficient (Wildman–Crippen LogP) is 1.68. The zero-order valence-corrected chi connectivity index (χ0v) is 9.70. The average Bonchev–Trinajstić information content (AvgIpc) is 2.48. The van der Waals surface area contributed by atoms with Gasteiger partial charge in [-0.3, -0.25) is 4.90 Å². The van der Waals surface area contributed by atoms with E-state index in [9.17, 15) is 14.0 Å². The molecule has 3 aliphatic rings. The zero-order valence-electron chi connectivity index (χ0n) is 9.70. The first kappa shape index (κ1) is 11.4. The molecule has 3 fully saturated rings. The Morgan fingerprint density at radius 1 is 1.50 bits per heavy atom. The number of fused-ring (bicyclic) bond motifs is 1. The molecule has 4 nitrogen and oxygen atoms in total. The van der Waals surface area contributed by atoms with Gasteiger partial charge in [0.05, 0.1) is 0 Å². The van der Waals surface area contributed by atoms with Crippen molar-refractivity contribution in [3.63, 3.8) is 0 Å². The summed E-state index contributed by atoms with van der Waals surface area (Å²) >= 11 is 0. The number of nitrogens with zero attached hydrogens (tertiary/aromatic N) is 1. The van der Waals surface area contributed by atoms with Gasteiger partial charge >= 0.3 is 6.09 Å². The Morgan fingerprint density at radius 3 is 2.50 bits per heavy atom. The summed E-state index contributed by atoms with van der Waals surface area (Å²) in [6.07, 6.45) is 0.439. The van der Waals surface area contributed by atoms with Crippen molar-refractivity contribution in [2.45, 2.75) is 57.0 Å². The van der Waals surface area contributed by atoms with Crippen LogP contribution in [0.5, 0.6) is 0 Å². The number of amides is 1. The van der Waals surface area contributed by atoms with Gasteiger partial charge in [0.15, 0.2) is 0 Å². The third kappa shape index (κ3) is 1.58. The first-order valence-electron chi connectivity index (χ1n) is 5.42. The van der Waals surface area contributed by atoms with E-state index in [0.717, 1.165) is 0 Å². The Labute approximate surface area is 93.7 Å². The van der Waals surface area contributed by atoms with E-state index in [0.29, 0.717) is 6.29 Å². The monoisotopic (exact) mass is 229 g/mol. The zero-order chi connectivity index (χ0) is 12.1. The minimum absolute atomic E-state index is 0.171. The number of carbonyl (C=O) groups excluding carboxylic acids is 2. The summed E-state index contributed by atoms with van der Waals surface area (Å²) in [6.45, 7) is 5.23. The molecule has 1 unspecified atom stereocenters. The van der Waals surface area contributed by atoms with E-state index in [1.807, 2.05) is 0 Å². The minimum Gasteiger partial charge on any atom is -0.444 e. The predicted molar refractivity (Wildman–Crippen MR) is 54.8 cm³/mol. The number of halogens is 1. The Kier molecular flexibility index (Phi) is 2.26. The summed E-state index contributed by atoms with van der Waals surface area (Å²) in [5, 5.41) is 0. The fourth-order valence-corrected chi connectivity index (χ4v) is 2.40. The third-order valence-electron chi connectivity index (χ3n) is 3.11. The first-order valence-corrected chi connectivity index (χ1v) is 5.42. The number of ether oxygens (including phenoxy) is 1. The van der Waals surface area contributed by atoms with Crippen LogP contribution in [0.25, 0.3) is 0 Å². The molecule has 0 radical (unpaired) electrons. The van der Waals surface area contributed by atoms with Crippen LogP contribution in [0.15, 0.2) is 0 Å². The number of alkyl halides is 1. The van der Waals surface area contributed by atoms with Gasteiger partial charge in [-0.15, -0.1) is 0 Å². The lowest BCUT2D eigenvalue weighted by molar-refractivity contribution is -0.113. The maximum atomic E-state index is 13.9. The maximum absolute atomic E-state index is 13.9. The van der Waals surface area contributed by atoms with Crippen molar-refractivity contribution in [2.24, 2.45) is 0 Å². The third-order valence-corrected chi connectivity index (χ3v) is 3.11. The van der Waals surface area contributed by atoms with Gasteiger partial charge in [-0.2, -0.15) is 0 Å². The van der Waals surface area contributed by atoms with E-state index in [2.05, 4.69) is 0 Å². The van der Waals surface area contributed by atoms with Crippen LogP contribution in [0.2, 0.25) is 0 Å². The molecule has 1 saturated carbocycles. The van der Waals surface area contributed by atoms with Crippen LogP contribution in [0, 0.1) is 0 Å². The van der Waals surface area contributed by atoms with E-state index in [1.54, 1.807) is 20.8 Å². The molecule has 2 heterocycles. The van der Waals surface area contributed by atoms with Crippen LogP contribution in [0.4, 0.5) is 9.18 Å². The summed E-state index contributed by atoms with van der Waals surface area (Å²) in [7, 11) is 0. The van der Waals surface area contributed by atoms with Crippen molar-refractivity contribution in [3.8, 4) is 0 Å². The lowest BCUT2D eigenvalue weighted by Crippen LogP contribution is -2.42. The van der Waals surface area contributed by atoms with Crippen LogP contribution in [-0.2, 0) is 9.53 Å². The summed E-state index contributed by atoms with van der Waals surface area (Å²) in [5.74, 6) is 0. The molecule has 90 valence electrons. The summed E-state index contributed by atoms with van der Waals surface area (Å²) in [5.41, 5.74) is -2.13. The lowest BCUT2D eigenvalue weighted by atomic mass is 9.80. The van der Waals surface area contributed by atoms with Crippen LogP contribution < -0.4 is 0 Å².